The van der Waals surface area contributed by atoms with Gasteiger partial charge in [-0.25, -0.2) is 9.36 Å². The molecule has 9 nitrogen and oxygen atoms in total. The largest absolute Gasteiger partial charge is 0.467 e. The molecule has 3 heterocycles. The van der Waals surface area contributed by atoms with Gasteiger partial charge in [0.1, 0.15) is 23.5 Å². The molecule has 3 aromatic heterocycles. The molecule has 33 heavy (non-hydrogen) atoms. The van der Waals surface area contributed by atoms with Crippen molar-refractivity contribution in [3.8, 4) is 0 Å². The fourth-order valence-corrected chi connectivity index (χ4v) is 4.35. The number of nitrogens with zero attached hydrogens (tertiary/aromatic N) is 2. The van der Waals surface area contributed by atoms with Gasteiger partial charge in [0.2, 0.25) is 11.8 Å². The Hall–Kier alpha value is -3.34. The number of carbonyl (C=O) groups excluding carboxylic acids is 2. The Morgan fingerprint density at radius 1 is 1.00 bits per heavy atom. The van der Waals surface area contributed by atoms with Gasteiger partial charge in [-0.3, -0.25) is 19.0 Å². The van der Waals surface area contributed by atoms with E-state index in [1.54, 1.807) is 41.8 Å². The molecule has 0 aliphatic rings. The molecule has 0 spiro atoms. The van der Waals surface area contributed by atoms with E-state index in [0.29, 0.717) is 11.3 Å². The average molecular weight is 507 g/mol. The number of rotatable bonds is 7. The van der Waals surface area contributed by atoms with Gasteiger partial charge >= 0.3 is 5.69 Å². The number of furan rings is 1. The van der Waals surface area contributed by atoms with E-state index in [1.165, 1.54) is 6.26 Å². The number of amides is 2. The second-order valence-electron chi connectivity index (χ2n) is 6.90. The zero-order valence-corrected chi connectivity index (χ0v) is 19.2. The molecule has 0 saturated carbocycles. The van der Waals surface area contributed by atoms with Crippen LogP contribution in [0.5, 0.6) is 0 Å². The highest BCUT2D eigenvalue weighted by molar-refractivity contribution is 7.17. The van der Waals surface area contributed by atoms with Gasteiger partial charge in [0.15, 0.2) is 0 Å². The second-order valence-corrected chi connectivity index (χ2v) is 8.60. The first kappa shape index (κ1) is 22.8. The van der Waals surface area contributed by atoms with Crippen molar-refractivity contribution in [2.75, 3.05) is 5.32 Å². The molecule has 12 heteroatoms. The van der Waals surface area contributed by atoms with Gasteiger partial charge in [-0.1, -0.05) is 29.3 Å². The van der Waals surface area contributed by atoms with Crippen LogP contribution in [0.2, 0.25) is 10.0 Å². The van der Waals surface area contributed by atoms with Crippen molar-refractivity contribution >= 4 is 62.3 Å². The monoisotopic (exact) mass is 506 g/mol. The molecule has 2 amide bonds. The third-order valence-corrected chi connectivity index (χ3v) is 6.42. The molecule has 0 saturated heterocycles. The summed E-state index contributed by atoms with van der Waals surface area (Å²) in [6, 6.07) is 9.70. The number of aromatic nitrogens is 2. The highest BCUT2D eigenvalue weighted by Gasteiger charge is 2.19. The van der Waals surface area contributed by atoms with Crippen LogP contribution in [0.25, 0.3) is 10.2 Å². The molecule has 0 aliphatic heterocycles. The molecular weight excluding hydrogens is 491 g/mol. The van der Waals surface area contributed by atoms with E-state index >= 15 is 0 Å². The van der Waals surface area contributed by atoms with Crippen molar-refractivity contribution < 1.29 is 14.0 Å². The van der Waals surface area contributed by atoms with Crippen molar-refractivity contribution in [1.29, 1.82) is 0 Å². The number of hydrogen-bond acceptors (Lipinski definition) is 6. The normalized spacial score (nSPS) is 11.0. The number of benzene rings is 1. The van der Waals surface area contributed by atoms with Crippen molar-refractivity contribution in [3.05, 3.63) is 84.7 Å². The lowest BCUT2D eigenvalue weighted by atomic mass is 10.3. The summed E-state index contributed by atoms with van der Waals surface area (Å²) in [6.45, 7) is -0.796. The molecule has 2 N–H and O–H groups in total. The predicted molar refractivity (Wildman–Crippen MR) is 126 cm³/mol. The van der Waals surface area contributed by atoms with Gasteiger partial charge in [-0.2, -0.15) is 0 Å². The fraction of sp³-hybridized carbons (Fsp3) is 0.143. The molecule has 0 aliphatic carbocycles. The maximum Gasteiger partial charge on any atom is 0.332 e. The summed E-state index contributed by atoms with van der Waals surface area (Å²) in [5.41, 5.74) is -0.803. The average Bonchev–Trinajstić information content (AvgIpc) is 3.48. The Labute approximate surface area is 200 Å². The van der Waals surface area contributed by atoms with Crippen LogP contribution in [0.1, 0.15) is 5.76 Å². The molecule has 4 aromatic rings. The number of thiophene rings is 1. The van der Waals surface area contributed by atoms with Crippen LogP contribution in [0.4, 0.5) is 5.69 Å². The third kappa shape index (κ3) is 4.87. The molecule has 0 atom stereocenters. The number of nitrogens with one attached hydrogen (secondary N) is 2. The minimum Gasteiger partial charge on any atom is -0.467 e. The number of anilines is 1. The number of carbonyl (C=O) groups is 2. The summed E-state index contributed by atoms with van der Waals surface area (Å²) in [5.74, 6) is -0.581. The van der Waals surface area contributed by atoms with E-state index in [-0.39, 0.29) is 27.0 Å². The Balaban J connectivity index is 1.60. The van der Waals surface area contributed by atoms with Crippen molar-refractivity contribution in [3.63, 3.8) is 0 Å². The molecular formula is C21H16Cl2N4O5S. The molecule has 0 fully saturated rings. The van der Waals surface area contributed by atoms with E-state index < -0.39 is 36.2 Å². The number of hydrogen-bond donors (Lipinski definition) is 2. The molecule has 4 rings (SSSR count). The van der Waals surface area contributed by atoms with E-state index in [2.05, 4.69) is 10.6 Å². The lowest BCUT2D eigenvalue weighted by Gasteiger charge is -2.13. The zero-order chi connectivity index (χ0) is 23.5. The van der Waals surface area contributed by atoms with Crippen LogP contribution in [0.3, 0.4) is 0 Å². The smallest absolute Gasteiger partial charge is 0.332 e. The Morgan fingerprint density at radius 3 is 2.55 bits per heavy atom. The third-order valence-electron chi connectivity index (χ3n) is 4.71. The standard InChI is InChI=1S/C21H16Cl2N4O5S/c22-13-4-1-5-14(18(13)23)25-17(29)11-26-15-6-8-33-19(15)20(30)27(21(26)31)10-16(28)24-9-12-3-2-7-32-12/h1-8H,9-11H2,(H,24,28)(H,25,29). The maximum absolute atomic E-state index is 13.1. The Morgan fingerprint density at radius 2 is 1.79 bits per heavy atom. The second kappa shape index (κ2) is 9.65. The quantitative estimate of drug-likeness (QED) is 0.399. The lowest BCUT2D eigenvalue weighted by Crippen LogP contribution is -2.44. The maximum atomic E-state index is 13.1. The summed E-state index contributed by atoms with van der Waals surface area (Å²) in [5, 5.41) is 7.26. The highest BCUT2D eigenvalue weighted by Crippen LogP contribution is 2.29. The van der Waals surface area contributed by atoms with Gasteiger partial charge in [0.25, 0.3) is 5.56 Å². The molecule has 170 valence electrons. The van der Waals surface area contributed by atoms with Gasteiger partial charge in [0.05, 0.1) is 34.1 Å². The number of fused-ring (bicyclic) bond motifs is 1. The van der Waals surface area contributed by atoms with E-state index in [9.17, 15) is 19.2 Å². The van der Waals surface area contributed by atoms with E-state index in [4.69, 9.17) is 27.6 Å². The first-order valence-electron chi connectivity index (χ1n) is 9.59. The van der Waals surface area contributed by atoms with Crippen LogP contribution in [0.15, 0.2) is 62.0 Å². The summed E-state index contributed by atoms with van der Waals surface area (Å²) in [7, 11) is 0. The molecule has 0 unspecified atom stereocenters. The van der Waals surface area contributed by atoms with Gasteiger partial charge in [-0.15, -0.1) is 11.3 Å². The predicted octanol–water partition coefficient (Wildman–Crippen LogP) is 3.08. The lowest BCUT2D eigenvalue weighted by molar-refractivity contribution is -0.122. The first-order chi connectivity index (χ1) is 15.8. The molecule has 0 bridgehead atoms. The summed E-state index contributed by atoms with van der Waals surface area (Å²) >= 11 is 13.2. The van der Waals surface area contributed by atoms with E-state index in [0.717, 1.165) is 20.5 Å². The van der Waals surface area contributed by atoms with Crippen molar-refractivity contribution in [2.24, 2.45) is 0 Å². The topological polar surface area (TPSA) is 115 Å². The Kier molecular flexibility index (Phi) is 6.68. The van der Waals surface area contributed by atoms with Crippen molar-refractivity contribution in [1.82, 2.24) is 14.5 Å². The van der Waals surface area contributed by atoms with Gasteiger partial charge < -0.3 is 15.1 Å². The fourth-order valence-electron chi connectivity index (χ4n) is 3.16. The number of halogens is 2. The van der Waals surface area contributed by atoms with Crippen LogP contribution < -0.4 is 21.9 Å². The SMILES string of the molecule is O=C(Cn1c(=O)c2sccc2n(CC(=O)Nc2cccc(Cl)c2Cl)c1=O)NCc1ccco1. The summed E-state index contributed by atoms with van der Waals surface area (Å²) < 4.78 is 7.34. The van der Waals surface area contributed by atoms with Crippen molar-refractivity contribution in [2.45, 2.75) is 19.6 Å². The van der Waals surface area contributed by atoms with Crippen LogP contribution in [-0.2, 0) is 29.2 Å². The highest BCUT2D eigenvalue weighted by atomic mass is 35.5. The minimum atomic E-state index is -0.786. The van der Waals surface area contributed by atoms with Crippen LogP contribution in [-0.4, -0.2) is 20.9 Å². The van der Waals surface area contributed by atoms with Crippen LogP contribution >= 0.6 is 34.5 Å². The summed E-state index contributed by atoms with van der Waals surface area (Å²) in [6.07, 6.45) is 1.47. The van der Waals surface area contributed by atoms with Gasteiger partial charge in [-0.05, 0) is 35.7 Å². The van der Waals surface area contributed by atoms with E-state index in [1.807, 2.05) is 0 Å². The van der Waals surface area contributed by atoms with Gasteiger partial charge in [0, 0.05) is 0 Å². The first-order valence-corrected chi connectivity index (χ1v) is 11.2. The Bertz CT molecular complexity index is 1460. The molecule has 0 radical (unpaired) electrons. The molecule has 1 aromatic carbocycles. The summed E-state index contributed by atoms with van der Waals surface area (Å²) in [4.78, 5) is 50.9. The van der Waals surface area contributed by atoms with Crippen LogP contribution in [0, 0.1) is 0 Å². The zero-order valence-electron chi connectivity index (χ0n) is 16.8. The minimum absolute atomic E-state index is 0.110.